The highest BCUT2D eigenvalue weighted by atomic mass is 16.3. The summed E-state index contributed by atoms with van der Waals surface area (Å²) in [5.74, 6) is -0.0334. The van der Waals surface area contributed by atoms with Crippen LogP contribution < -0.4 is 5.32 Å². The van der Waals surface area contributed by atoms with E-state index in [-0.39, 0.29) is 12.5 Å². The Balaban J connectivity index is 3.31. The Kier molecular flexibility index (Phi) is 47.3. The fraction of sp³-hybridized carbons (Fsp3) is 0.830. The number of aliphatic hydroxyl groups excluding tert-OH is 2. The summed E-state index contributed by atoms with van der Waals surface area (Å²) in [6.07, 6.45) is 67.0. The largest absolute Gasteiger partial charge is 0.394 e. The van der Waals surface area contributed by atoms with Crippen molar-refractivity contribution in [2.24, 2.45) is 0 Å². The lowest BCUT2D eigenvalue weighted by Crippen LogP contribution is -2.45. The third-order valence-electron chi connectivity index (χ3n) is 11.6. The lowest BCUT2D eigenvalue weighted by atomic mass is 10.0. The van der Waals surface area contributed by atoms with Crippen molar-refractivity contribution in [2.75, 3.05) is 6.61 Å². The molecule has 0 fully saturated rings. The van der Waals surface area contributed by atoms with Gasteiger partial charge >= 0.3 is 0 Å². The van der Waals surface area contributed by atoms with Crippen LogP contribution in [0.4, 0.5) is 0 Å². The third kappa shape index (κ3) is 45.3. The van der Waals surface area contributed by atoms with Crippen molar-refractivity contribution in [1.29, 1.82) is 0 Å². The summed E-state index contributed by atoms with van der Waals surface area (Å²) in [5, 5.41) is 22.9. The predicted octanol–water partition coefficient (Wildman–Crippen LogP) is 16.3. The lowest BCUT2D eigenvalue weighted by Gasteiger charge is -2.22. The molecule has 0 aliphatic carbocycles. The van der Waals surface area contributed by atoms with Crippen molar-refractivity contribution in [3.63, 3.8) is 0 Å². The number of hydrogen-bond donors (Lipinski definition) is 3. The standard InChI is InChI=1S/C53H99NO3/c1-3-5-7-9-11-12-13-14-15-16-17-18-19-20-21-22-23-24-25-26-27-28-29-30-31-32-33-34-35-36-37-38-39-40-41-42-43-45-47-49-53(57)54-51(50-55)52(56)48-46-44-10-8-6-4-2/h5,7,11-12,14-15,17-18,51-52,55-56H,3-4,6,8-10,13,16,19-50H2,1-2H3,(H,54,57)/b7-5-,12-11-,15-14-,18-17-. The molecule has 0 aliphatic rings. The van der Waals surface area contributed by atoms with Crippen LogP contribution in [0.1, 0.15) is 264 Å². The van der Waals surface area contributed by atoms with Crippen molar-refractivity contribution >= 4 is 5.91 Å². The zero-order chi connectivity index (χ0) is 41.4. The van der Waals surface area contributed by atoms with Gasteiger partial charge in [-0.15, -0.1) is 0 Å². The highest BCUT2D eigenvalue weighted by Gasteiger charge is 2.20. The minimum Gasteiger partial charge on any atom is -0.394 e. The maximum absolute atomic E-state index is 12.3. The van der Waals surface area contributed by atoms with Gasteiger partial charge in [-0.25, -0.2) is 0 Å². The average Bonchev–Trinajstić information content (AvgIpc) is 3.22. The summed E-state index contributed by atoms with van der Waals surface area (Å²) >= 11 is 0. The fourth-order valence-electron chi connectivity index (χ4n) is 7.77. The SMILES string of the molecule is CC/C=C\C/C=C\C/C=C\C/C=C\CCCCCCCCCCCCCCCCCCCCCCCCCCCCC(=O)NC(CO)C(O)CCCCCCCC. The summed E-state index contributed by atoms with van der Waals surface area (Å²) in [4.78, 5) is 12.3. The minimum absolute atomic E-state index is 0.0334. The van der Waals surface area contributed by atoms with E-state index in [0.29, 0.717) is 12.8 Å². The van der Waals surface area contributed by atoms with E-state index < -0.39 is 12.1 Å². The molecule has 0 aromatic carbocycles. The third-order valence-corrected chi connectivity index (χ3v) is 11.6. The lowest BCUT2D eigenvalue weighted by molar-refractivity contribution is -0.123. The van der Waals surface area contributed by atoms with E-state index in [0.717, 1.165) is 51.4 Å². The number of carbonyl (C=O) groups excluding carboxylic acids is 1. The van der Waals surface area contributed by atoms with Crippen molar-refractivity contribution < 1.29 is 15.0 Å². The molecular formula is C53H99NO3. The Morgan fingerprint density at radius 3 is 1.16 bits per heavy atom. The average molecular weight is 798 g/mol. The Hall–Kier alpha value is -1.65. The number of rotatable bonds is 46. The molecule has 2 unspecified atom stereocenters. The molecule has 2 atom stereocenters. The number of amides is 1. The Morgan fingerprint density at radius 1 is 0.439 bits per heavy atom. The van der Waals surface area contributed by atoms with E-state index in [1.807, 2.05) is 0 Å². The molecule has 0 rings (SSSR count). The van der Waals surface area contributed by atoms with Crippen LogP contribution in [0.2, 0.25) is 0 Å². The van der Waals surface area contributed by atoms with Crippen molar-refractivity contribution in [2.45, 2.75) is 276 Å². The topological polar surface area (TPSA) is 69.6 Å². The maximum Gasteiger partial charge on any atom is 0.220 e. The molecule has 1 amide bonds. The van der Waals surface area contributed by atoms with Crippen molar-refractivity contribution in [3.05, 3.63) is 48.6 Å². The highest BCUT2D eigenvalue weighted by Crippen LogP contribution is 2.17. The first-order valence-electron chi connectivity index (χ1n) is 25.3. The van der Waals surface area contributed by atoms with E-state index in [1.54, 1.807) is 0 Å². The van der Waals surface area contributed by atoms with Gasteiger partial charge in [-0.1, -0.05) is 255 Å². The first kappa shape index (κ1) is 55.4. The van der Waals surface area contributed by atoms with E-state index in [2.05, 4.69) is 67.8 Å². The van der Waals surface area contributed by atoms with Crippen LogP contribution in [-0.2, 0) is 4.79 Å². The summed E-state index contributed by atoms with van der Waals surface area (Å²) < 4.78 is 0. The second-order valence-electron chi connectivity index (χ2n) is 17.2. The molecule has 0 heterocycles. The van der Waals surface area contributed by atoms with E-state index >= 15 is 0 Å². The van der Waals surface area contributed by atoms with Gasteiger partial charge in [0.1, 0.15) is 0 Å². The van der Waals surface area contributed by atoms with Gasteiger partial charge in [-0.3, -0.25) is 4.79 Å². The van der Waals surface area contributed by atoms with Gasteiger partial charge < -0.3 is 15.5 Å². The zero-order valence-corrected chi connectivity index (χ0v) is 38.4. The predicted molar refractivity (Wildman–Crippen MR) is 253 cm³/mol. The van der Waals surface area contributed by atoms with Gasteiger partial charge in [0.25, 0.3) is 0 Å². The van der Waals surface area contributed by atoms with Crippen molar-refractivity contribution in [3.8, 4) is 0 Å². The van der Waals surface area contributed by atoms with Crippen LogP contribution in [0.15, 0.2) is 48.6 Å². The van der Waals surface area contributed by atoms with Crippen LogP contribution in [-0.4, -0.2) is 34.9 Å². The smallest absolute Gasteiger partial charge is 0.220 e. The quantitative estimate of drug-likeness (QED) is 0.0424. The van der Waals surface area contributed by atoms with E-state index in [1.165, 1.54) is 186 Å². The summed E-state index contributed by atoms with van der Waals surface area (Å²) in [7, 11) is 0. The van der Waals surface area contributed by atoms with Crippen LogP contribution in [0.25, 0.3) is 0 Å². The monoisotopic (exact) mass is 798 g/mol. The molecule has 0 bridgehead atoms. The first-order chi connectivity index (χ1) is 28.2. The number of unbranched alkanes of at least 4 members (excludes halogenated alkanes) is 31. The maximum atomic E-state index is 12.3. The molecule has 3 N–H and O–H groups in total. The molecule has 0 aromatic heterocycles. The molecule has 334 valence electrons. The van der Waals surface area contributed by atoms with E-state index in [4.69, 9.17) is 0 Å². The molecule has 0 spiro atoms. The van der Waals surface area contributed by atoms with Gasteiger partial charge in [0.15, 0.2) is 0 Å². The van der Waals surface area contributed by atoms with E-state index in [9.17, 15) is 15.0 Å². The molecule has 4 heteroatoms. The molecular weight excluding hydrogens is 699 g/mol. The highest BCUT2D eigenvalue weighted by molar-refractivity contribution is 5.76. The first-order valence-corrected chi connectivity index (χ1v) is 25.3. The van der Waals surface area contributed by atoms with Gasteiger partial charge in [0.05, 0.1) is 18.8 Å². The summed E-state index contributed by atoms with van der Waals surface area (Å²) in [6, 6.07) is -0.530. The Bertz CT molecular complexity index is 908. The minimum atomic E-state index is -0.653. The van der Waals surface area contributed by atoms with Crippen LogP contribution in [0.3, 0.4) is 0 Å². The molecule has 0 saturated heterocycles. The molecule has 57 heavy (non-hydrogen) atoms. The number of carbonyl (C=O) groups is 1. The van der Waals surface area contributed by atoms with Crippen LogP contribution in [0, 0.1) is 0 Å². The number of aliphatic hydroxyl groups is 2. The van der Waals surface area contributed by atoms with Crippen LogP contribution in [0.5, 0.6) is 0 Å². The Morgan fingerprint density at radius 2 is 0.772 bits per heavy atom. The molecule has 4 nitrogen and oxygen atoms in total. The van der Waals surface area contributed by atoms with Gasteiger partial charge in [-0.05, 0) is 51.4 Å². The molecule has 0 aliphatic heterocycles. The van der Waals surface area contributed by atoms with Gasteiger partial charge in [0, 0.05) is 6.42 Å². The van der Waals surface area contributed by atoms with Gasteiger partial charge in [-0.2, -0.15) is 0 Å². The zero-order valence-electron chi connectivity index (χ0n) is 38.4. The number of allylic oxidation sites excluding steroid dienone is 8. The second kappa shape index (κ2) is 48.7. The normalized spacial score (nSPS) is 13.3. The molecule has 0 aromatic rings. The number of nitrogens with one attached hydrogen (secondary N) is 1. The number of hydrogen-bond acceptors (Lipinski definition) is 3. The molecule has 0 saturated carbocycles. The molecule has 0 radical (unpaired) electrons. The summed E-state index contributed by atoms with van der Waals surface area (Å²) in [5.41, 5.74) is 0. The fourth-order valence-corrected chi connectivity index (χ4v) is 7.77. The van der Waals surface area contributed by atoms with Crippen molar-refractivity contribution in [1.82, 2.24) is 5.32 Å². The Labute approximate surface area is 356 Å². The van der Waals surface area contributed by atoms with Crippen LogP contribution >= 0.6 is 0 Å². The summed E-state index contributed by atoms with van der Waals surface area (Å²) in [6.45, 7) is 4.20. The van der Waals surface area contributed by atoms with Gasteiger partial charge in [0.2, 0.25) is 5.91 Å². The second-order valence-corrected chi connectivity index (χ2v) is 17.2.